The van der Waals surface area contributed by atoms with Crippen molar-refractivity contribution in [3.63, 3.8) is 0 Å². The highest BCUT2D eigenvalue weighted by molar-refractivity contribution is 5.91. The van der Waals surface area contributed by atoms with Crippen molar-refractivity contribution in [1.82, 2.24) is 15.6 Å². The summed E-state index contributed by atoms with van der Waals surface area (Å²) in [5.74, 6) is 11.6. The van der Waals surface area contributed by atoms with Crippen molar-refractivity contribution < 1.29 is 14.2 Å². The van der Waals surface area contributed by atoms with E-state index in [1.165, 1.54) is 11.0 Å². The lowest BCUT2D eigenvalue weighted by molar-refractivity contribution is -0.449. The van der Waals surface area contributed by atoms with Gasteiger partial charge in [0.25, 0.3) is 12.2 Å². The Labute approximate surface area is 155 Å². The molecule has 0 spiro atoms. The van der Waals surface area contributed by atoms with Crippen molar-refractivity contribution in [3.8, 4) is 17.0 Å². The van der Waals surface area contributed by atoms with Crippen molar-refractivity contribution in [2.45, 2.75) is 0 Å². The predicted molar refractivity (Wildman–Crippen MR) is 102 cm³/mol. The summed E-state index contributed by atoms with van der Waals surface area (Å²) in [5.41, 5.74) is 4.77. The first kappa shape index (κ1) is 18.0. The maximum Gasteiger partial charge on any atom is 0.278 e. The zero-order valence-corrected chi connectivity index (χ0v) is 14.4. The second-order valence-corrected chi connectivity index (χ2v) is 5.57. The van der Waals surface area contributed by atoms with Crippen molar-refractivity contribution in [3.05, 3.63) is 60.7 Å². The van der Waals surface area contributed by atoms with Gasteiger partial charge in [-0.1, -0.05) is 36.4 Å². The number of carbonyl (C=O) groups excluding carboxylic acids is 1. The molecule has 9 heteroatoms. The molecule has 0 aliphatic heterocycles. The molecule has 3 aromatic rings. The van der Waals surface area contributed by atoms with Gasteiger partial charge in [0, 0.05) is 12.1 Å². The van der Waals surface area contributed by atoms with E-state index in [2.05, 4.69) is 20.9 Å². The minimum absolute atomic E-state index is 0.166. The van der Waals surface area contributed by atoms with E-state index in [4.69, 9.17) is 16.4 Å². The first-order chi connectivity index (χ1) is 13.2. The maximum atomic E-state index is 12.1. The molecule has 1 aromatic heterocycles. The summed E-state index contributed by atoms with van der Waals surface area (Å²) in [6.07, 6.45) is 1.38. The molecule has 2 aromatic carbocycles. The molecule has 27 heavy (non-hydrogen) atoms. The molecular formula is C18H20N7O2+. The molecule has 7 N–H and O–H groups in total. The van der Waals surface area contributed by atoms with Gasteiger partial charge in [0.15, 0.2) is 18.1 Å². The van der Waals surface area contributed by atoms with Crippen LogP contribution in [0.3, 0.4) is 0 Å². The van der Waals surface area contributed by atoms with E-state index in [0.29, 0.717) is 17.3 Å². The van der Waals surface area contributed by atoms with Gasteiger partial charge in [0.2, 0.25) is 0 Å². The number of amides is 1. The van der Waals surface area contributed by atoms with Gasteiger partial charge in [0.1, 0.15) is 5.75 Å². The normalized spacial score (nSPS) is 11.1. The van der Waals surface area contributed by atoms with Crippen LogP contribution in [0.5, 0.6) is 5.75 Å². The number of hydrogen-bond donors (Lipinski definition) is 5. The number of anilines is 1. The zero-order chi connectivity index (χ0) is 19.1. The number of benzene rings is 2. The SMILES string of the molecule is NN/C=[N+](\N)c1cccc(OCC(=O)Nc2cc(-c3ccccc3)[nH]n2)c1. The molecular weight excluding hydrogens is 346 g/mol. The Bertz CT molecular complexity index is 938. The molecule has 1 heterocycles. The van der Waals surface area contributed by atoms with Gasteiger partial charge in [-0.3, -0.25) is 15.7 Å². The molecule has 0 unspecified atom stereocenters. The van der Waals surface area contributed by atoms with Crippen LogP contribution in [-0.4, -0.2) is 33.7 Å². The highest BCUT2D eigenvalue weighted by Crippen LogP contribution is 2.20. The largest absolute Gasteiger partial charge is 0.484 e. The van der Waals surface area contributed by atoms with Crippen LogP contribution in [0.1, 0.15) is 0 Å². The third-order valence-corrected chi connectivity index (χ3v) is 3.63. The third kappa shape index (κ3) is 4.83. The summed E-state index contributed by atoms with van der Waals surface area (Å²) >= 11 is 0. The molecule has 0 radical (unpaired) electrons. The molecule has 0 aliphatic rings. The number of hydrazine groups is 2. The van der Waals surface area contributed by atoms with Gasteiger partial charge < -0.3 is 10.1 Å². The van der Waals surface area contributed by atoms with E-state index in [-0.39, 0.29) is 12.5 Å². The number of nitrogens with zero attached hydrogens (tertiary/aromatic N) is 2. The van der Waals surface area contributed by atoms with Crippen LogP contribution in [-0.2, 0) is 4.79 Å². The summed E-state index contributed by atoms with van der Waals surface area (Å²) < 4.78 is 6.80. The summed E-state index contributed by atoms with van der Waals surface area (Å²) in [5, 5.41) is 9.66. The fourth-order valence-electron chi connectivity index (χ4n) is 2.37. The van der Waals surface area contributed by atoms with Gasteiger partial charge >= 0.3 is 0 Å². The summed E-state index contributed by atoms with van der Waals surface area (Å²) in [4.78, 5) is 12.1. The number of carbonyl (C=O) groups is 1. The quantitative estimate of drug-likeness (QED) is 0.140. The number of nitrogens with two attached hydrogens (primary N) is 2. The van der Waals surface area contributed by atoms with Gasteiger partial charge in [-0.25, -0.2) is 5.43 Å². The Morgan fingerprint density at radius 3 is 2.78 bits per heavy atom. The lowest BCUT2D eigenvalue weighted by Crippen LogP contribution is -2.29. The summed E-state index contributed by atoms with van der Waals surface area (Å²) in [7, 11) is 0. The predicted octanol–water partition coefficient (Wildman–Crippen LogP) is 1.10. The van der Waals surface area contributed by atoms with Crippen LogP contribution >= 0.6 is 0 Å². The highest BCUT2D eigenvalue weighted by Gasteiger charge is 2.09. The number of aromatic nitrogens is 2. The van der Waals surface area contributed by atoms with Gasteiger partial charge in [-0.2, -0.15) is 10.9 Å². The lowest BCUT2D eigenvalue weighted by atomic mass is 10.2. The van der Waals surface area contributed by atoms with Gasteiger partial charge in [-0.05, 0) is 17.7 Å². The van der Waals surface area contributed by atoms with E-state index in [0.717, 1.165) is 11.3 Å². The van der Waals surface area contributed by atoms with E-state index in [1.54, 1.807) is 30.3 Å². The average Bonchev–Trinajstić information content (AvgIpc) is 3.16. The fourth-order valence-corrected chi connectivity index (χ4v) is 2.37. The van der Waals surface area contributed by atoms with Crippen molar-refractivity contribution in [2.75, 3.05) is 11.9 Å². The van der Waals surface area contributed by atoms with Crippen LogP contribution in [0.15, 0.2) is 60.7 Å². The third-order valence-electron chi connectivity index (χ3n) is 3.63. The first-order valence-electron chi connectivity index (χ1n) is 8.12. The minimum Gasteiger partial charge on any atom is -0.484 e. The number of nitrogens with one attached hydrogen (secondary N) is 3. The molecule has 138 valence electrons. The topological polar surface area (TPSA) is 134 Å². The monoisotopic (exact) mass is 366 g/mol. The Kier molecular flexibility index (Phi) is 5.65. The Balaban J connectivity index is 1.57. The zero-order valence-electron chi connectivity index (χ0n) is 14.4. The molecule has 1 amide bonds. The first-order valence-corrected chi connectivity index (χ1v) is 8.12. The molecule has 0 bridgehead atoms. The summed E-state index contributed by atoms with van der Waals surface area (Å²) in [6.45, 7) is -0.166. The van der Waals surface area contributed by atoms with Crippen molar-refractivity contribution in [2.24, 2.45) is 11.7 Å². The Morgan fingerprint density at radius 1 is 1.19 bits per heavy atom. The molecule has 9 nitrogen and oxygen atoms in total. The number of hydrazone groups is 1. The van der Waals surface area contributed by atoms with Crippen molar-refractivity contribution in [1.29, 1.82) is 0 Å². The van der Waals surface area contributed by atoms with Crippen molar-refractivity contribution >= 4 is 23.8 Å². The number of rotatable bonds is 7. The molecule has 0 saturated heterocycles. The number of ether oxygens (including phenoxy) is 1. The number of H-pyrrole nitrogens is 1. The van der Waals surface area contributed by atoms with Crippen LogP contribution in [0.25, 0.3) is 11.3 Å². The minimum atomic E-state index is -0.327. The molecule has 0 aliphatic carbocycles. The van der Waals surface area contributed by atoms with E-state index < -0.39 is 0 Å². The van der Waals surface area contributed by atoms with Gasteiger partial charge in [-0.15, -0.1) is 4.68 Å². The summed E-state index contributed by atoms with van der Waals surface area (Å²) in [6, 6.07) is 18.4. The fraction of sp³-hybridized carbons (Fsp3) is 0.0556. The van der Waals surface area contributed by atoms with E-state index in [1.807, 2.05) is 30.3 Å². The van der Waals surface area contributed by atoms with Crippen LogP contribution in [0.2, 0.25) is 0 Å². The lowest BCUT2D eigenvalue weighted by Gasteiger charge is -2.07. The molecule has 0 saturated carbocycles. The second-order valence-electron chi connectivity index (χ2n) is 5.57. The Morgan fingerprint density at radius 2 is 2.00 bits per heavy atom. The number of aromatic amines is 1. The smallest absolute Gasteiger partial charge is 0.278 e. The van der Waals surface area contributed by atoms with Gasteiger partial charge in [0.05, 0.1) is 5.69 Å². The van der Waals surface area contributed by atoms with E-state index >= 15 is 0 Å². The average molecular weight is 366 g/mol. The Hall–Kier alpha value is -3.85. The number of hydrogen-bond acceptors (Lipinski definition) is 5. The second kappa shape index (κ2) is 8.50. The highest BCUT2D eigenvalue weighted by atomic mass is 16.5. The van der Waals surface area contributed by atoms with Crippen LogP contribution < -0.4 is 27.2 Å². The van der Waals surface area contributed by atoms with Crippen LogP contribution in [0.4, 0.5) is 11.5 Å². The molecule has 3 rings (SSSR count). The molecule has 0 atom stereocenters. The standard InChI is InChI=1S/C18H19N7O2/c19-21-12-25(20)14-7-4-8-15(9-14)27-11-18(26)22-17-10-16(23-24-17)13-5-2-1-3-6-13/h1-10,12H,11,19-20H2,(H2,22,23,24,26)/p+1. The van der Waals surface area contributed by atoms with E-state index in [9.17, 15) is 4.79 Å². The molecule has 0 fully saturated rings. The van der Waals surface area contributed by atoms with Crippen LogP contribution in [0, 0.1) is 0 Å². The maximum absolute atomic E-state index is 12.1.